The van der Waals surface area contributed by atoms with Crippen molar-refractivity contribution in [3.63, 3.8) is 0 Å². The van der Waals surface area contributed by atoms with Gasteiger partial charge in [0.2, 0.25) is 0 Å². The van der Waals surface area contributed by atoms with Crippen LogP contribution in [-0.4, -0.2) is 10.7 Å². The monoisotopic (exact) mass is 348 g/mol. The van der Waals surface area contributed by atoms with Gasteiger partial charge in [0, 0.05) is 12.0 Å². The van der Waals surface area contributed by atoms with E-state index in [1.165, 1.54) is 12.1 Å². The van der Waals surface area contributed by atoms with E-state index in [4.69, 9.17) is 0 Å². The van der Waals surface area contributed by atoms with Crippen molar-refractivity contribution >= 4 is 15.9 Å². The van der Waals surface area contributed by atoms with Gasteiger partial charge in [-0.25, -0.2) is 8.78 Å². The molecule has 0 heterocycles. The molecule has 0 radical (unpaired) electrons. The van der Waals surface area contributed by atoms with E-state index in [1.807, 2.05) is 27.7 Å². The Morgan fingerprint density at radius 2 is 1.60 bits per heavy atom. The molecule has 1 nitrogen and oxygen atoms in total. The second kappa shape index (κ2) is 6.99. The largest absolute Gasteiger partial charge is 0.390 e. The highest BCUT2D eigenvalue weighted by atomic mass is 79.9. The molecule has 114 valence electrons. The summed E-state index contributed by atoms with van der Waals surface area (Å²) in [5, 5.41) is 10.8. The van der Waals surface area contributed by atoms with E-state index in [2.05, 4.69) is 15.9 Å². The maximum Gasteiger partial charge on any atom is 0.143 e. The lowest BCUT2D eigenvalue weighted by atomic mass is 9.80. The van der Waals surface area contributed by atoms with Gasteiger partial charge in [-0.2, -0.15) is 0 Å². The SMILES string of the molecule is CC(C)CC(O)(Cc1c(F)ccc(Br)c1F)CC(C)C. The molecule has 0 unspecified atom stereocenters. The van der Waals surface area contributed by atoms with Crippen LogP contribution in [0, 0.1) is 23.5 Å². The zero-order valence-corrected chi connectivity index (χ0v) is 14.1. The lowest BCUT2D eigenvalue weighted by molar-refractivity contribution is -0.000704. The van der Waals surface area contributed by atoms with Gasteiger partial charge in [0.1, 0.15) is 11.6 Å². The lowest BCUT2D eigenvalue weighted by Crippen LogP contribution is -2.35. The van der Waals surface area contributed by atoms with E-state index in [1.54, 1.807) is 0 Å². The smallest absolute Gasteiger partial charge is 0.143 e. The van der Waals surface area contributed by atoms with Crippen LogP contribution in [0.4, 0.5) is 8.78 Å². The first-order valence-corrected chi connectivity index (χ1v) is 7.78. The van der Waals surface area contributed by atoms with Gasteiger partial charge in [0.05, 0.1) is 10.1 Å². The number of hydrogen-bond donors (Lipinski definition) is 1. The number of halogens is 3. The summed E-state index contributed by atoms with van der Waals surface area (Å²) in [4.78, 5) is 0. The molecular formula is C16H23BrF2O. The van der Waals surface area contributed by atoms with Crippen molar-refractivity contribution in [3.05, 3.63) is 33.8 Å². The molecule has 0 aliphatic rings. The van der Waals surface area contributed by atoms with Gasteiger partial charge >= 0.3 is 0 Å². The van der Waals surface area contributed by atoms with E-state index in [0.29, 0.717) is 12.8 Å². The van der Waals surface area contributed by atoms with E-state index >= 15 is 0 Å². The van der Waals surface area contributed by atoms with Crippen LogP contribution in [0.3, 0.4) is 0 Å². The summed E-state index contributed by atoms with van der Waals surface area (Å²) < 4.78 is 28.2. The van der Waals surface area contributed by atoms with Crippen molar-refractivity contribution in [1.82, 2.24) is 0 Å². The summed E-state index contributed by atoms with van der Waals surface area (Å²) in [5.74, 6) is -0.693. The van der Waals surface area contributed by atoms with Crippen LogP contribution < -0.4 is 0 Å². The zero-order chi connectivity index (χ0) is 15.5. The Kier molecular flexibility index (Phi) is 6.14. The Balaban J connectivity index is 3.09. The fourth-order valence-electron chi connectivity index (χ4n) is 2.81. The molecule has 4 heteroatoms. The van der Waals surface area contributed by atoms with Crippen LogP contribution in [0.15, 0.2) is 16.6 Å². The van der Waals surface area contributed by atoms with Crippen LogP contribution in [0.25, 0.3) is 0 Å². The number of hydrogen-bond acceptors (Lipinski definition) is 1. The molecule has 0 aliphatic heterocycles. The van der Waals surface area contributed by atoms with Crippen molar-refractivity contribution in [1.29, 1.82) is 0 Å². The Morgan fingerprint density at radius 1 is 1.10 bits per heavy atom. The molecule has 20 heavy (non-hydrogen) atoms. The average molecular weight is 349 g/mol. The Labute approximate surface area is 128 Å². The zero-order valence-electron chi connectivity index (χ0n) is 12.5. The first kappa shape index (κ1) is 17.6. The van der Waals surface area contributed by atoms with Crippen molar-refractivity contribution in [2.75, 3.05) is 0 Å². The lowest BCUT2D eigenvalue weighted by Gasteiger charge is -2.32. The number of benzene rings is 1. The summed E-state index contributed by atoms with van der Waals surface area (Å²) in [6.07, 6.45) is 1.05. The van der Waals surface area contributed by atoms with Gasteiger partial charge in [-0.1, -0.05) is 27.7 Å². The standard InChI is InChI=1S/C16H23BrF2O/c1-10(2)7-16(20,8-11(3)4)9-12-14(18)6-5-13(17)15(12)19/h5-6,10-11,20H,7-9H2,1-4H3. The molecule has 0 saturated heterocycles. The maximum absolute atomic E-state index is 14.1. The van der Waals surface area contributed by atoms with E-state index in [0.717, 1.165) is 0 Å². The van der Waals surface area contributed by atoms with E-state index in [9.17, 15) is 13.9 Å². The first-order valence-electron chi connectivity index (χ1n) is 6.99. The van der Waals surface area contributed by atoms with Crippen LogP contribution in [0.2, 0.25) is 0 Å². The molecule has 0 aromatic heterocycles. The summed E-state index contributed by atoms with van der Waals surface area (Å²) in [7, 11) is 0. The van der Waals surface area contributed by atoms with Gasteiger partial charge < -0.3 is 5.11 Å². The summed E-state index contributed by atoms with van der Waals surface area (Å²) >= 11 is 3.07. The number of rotatable bonds is 6. The third-order valence-electron chi connectivity index (χ3n) is 3.22. The highest BCUT2D eigenvalue weighted by molar-refractivity contribution is 9.10. The predicted octanol–water partition coefficient (Wildman–Crippen LogP) is 5.09. The molecule has 1 N–H and O–H groups in total. The fourth-order valence-corrected chi connectivity index (χ4v) is 3.18. The third-order valence-corrected chi connectivity index (χ3v) is 3.83. The van der Waals surface area contributed by atoms with Crippen molar-refractivity contribution in [2.24, 2.45) is 11.8 Å². The van der Waals surface area contributed by atoms with Crippen molar-refractivity contribution < 1.29 is 13.9 Å². The normalized spacial score (nSPS) is 12.5. The predicted molar refractivity (Wildman–Crippen MR) is 81.6 cm³/mol. The molecule has 0 bridgehead atoms. The minimum Gasteiger partial charge on any atom is -0.390 e. The average Bonchev–Trinajstić information content (AvgIpc) is 2.27. The molecule has 0 amide bonds. The Bertz CT molecular complexity index is 448. The summed E-state index contributed by atoms with van der Waals surface area (Å²) in [6.45, 7) is 8.00. The van der Waals surface area contributed by atoms with Crippen molar-refractivity contribution in [2.45, 2.75) is 52.6 Å². The fraction of sp³-hybridized carbons (Fsp3) is 0.625. The second-order valence-corrected chi connectivity index (χ2v) is 7.27. The number of aliphatic hydroxyl groups is 1. The molecule has 1 aromatic carbocycles. The van der Waals surface area contributed by atoms with Crippen LogP contribution in [-0.2, 0) is 6.42 Å². The third kappa shape index (κ3) is 4.81. The van der Waals surface area contributed by atoms with Gasteiger partial charge in [0.15, 0.2) is 0 Å². The minimum atomic E-state index is -1.08. The molecule has 1 rings (SSSR count). The molecule has 0 spiro atoms. The molecule has 0 saturated carbocycles. The van der Waals surface area contributed by atoms with E-state index in [-0.39, 0.29) is 28.3 Å². The Hall–Kier alpha value is -0.480. The van der Waals surface area contributed by atoms with Gasteiger partial charge in [0.25, 0.3) is 0 Å². The van der Waals surface area contributed by atoms with Crippen molar-refractivity contribution in [3.8, 4) is 0 Å². The highest BCUT2D eigenvalue weighted by Gasteiger charge is 2.32. The van der Waals surface area contributed by atoms with Crippen LogP contribution in [0.1, 0.15) is 46.1 Å². The molecule has 1 aromatic rings. The Morgan fingerprint density at radius 3 is 2.05 bits per heavy atom. The second-order valence-electron chi connectivity index (χ2n) is 6.42. The first-order chi connectivity index (χ1) is 9.14. The van der Waals surface area contributed by atoms with E-state index < -0.39 is 17.2 Å². The van der Waals surface area contributed by atoms with Gasteiger partial charge in [-0.3, -0.25) is 0 Å². The molecule has 0 atom stereocenters. The summed E-state index contributed by atoms with van der Waals surface area (Å²) in [6, 6.07) is 2.58. The van der Waals surface area contributed by atoms with Crippen LogP contribution in [0.5, 0.6) is 0 Å². The minimum absolute atomic E-state index is 0.000463. The molecule has 0 fully saturated rings. The van der Waals surface area contributed by atoms with Gasteiger partial charge in [-0.15, -0.1) is 0 Å². The summed E-state index contributed by atoms with van der Waals surface area (Å²) in [5.41, 5.74) is -1.12. The molecule has 0 aliphatic carbocycles. The quantitative estimate of drug-likeness (QED) is 0.709. The maximum atomic E-state index is 14.1. The molecular weight excluding hydrogens is 326 g/mol. The highest BCUT2D eigenvalue weighted by Crippen LogP contribution is 2.32. The van der Waals surface area contributed by atoms with Crippen LogP contribution >= 0.6 is 15.9 Å². The van der Waals surface area contributed by atoms with Gasteiger partial charge in [-0.05, 0) is 52.7 Å². The topological polar surface area (TPSA) is 20.2 Å².